The maximum Gasteiger partial charge on any atom is 0.264 e. The van der Waals surface area contributed by atoms with E-state index in [1.54, 1.807) is 55.6 Å². The molecule has 0 aromatic heterocycles. The third-order valence-electron chi connectivity index (χ3n) is 5.25. The van der Waals surface area contributed by atoms with E-state index in [9.17, 15) is 13.2 Å². The average Bonchev–Trinajstić information content (AvgIpc) is 2.81. The lowest BCUT2D eigenvalue weighted by atomic mass is 10.0. The Kier molecular flexibility index (Phi) is 8.15. The Morgan fingerprint density at radius 1 is 1.06 bits per heavy atom. The van der Waals surface area contributed by atoms with Gasteiger partial charge in [0.05, 0.1) is 23.7 Å². The minimum Gasteiger partial charge on any atom is -0.497 e. The van der Waals surface area contributed by atoms with E-state index >= 15 is 0 Å². The lowest BCUT2D eigenvalue weighted by Gasteiger charge is -2.26. The molecule has 0 heterocycles. The van der Waals surface area contributed by atoms with Crippen LogP contribution in [0.15, 0.2) is 82.2 Å². The first-order valence-electron chi connectivity index (χ1n) is 10.5. The number of aryl methyl sites for hydroxylation is 1. The number of hydrogen-bond acceptors (Lipinski definition) is 4. The number of methoxy groups -OCH3 is 1. The zero-order valence-corrected chi connectivity index (χ0v) is 21.2. The molecule has 0 spiro atoms. The number of ether oxygens (including phenoxy) is 1. The Morgan fingerprint density at radius 3 is 2.30 bits per heavy atom. The van der Waals surface area contributed by atoms with E-state index in [2.05, 4.69) is 21.2 Å². The quantitative estimate of drug-likeness (QED) is 0.411. The summed E-state index contributed by atoms with van der Waals surface area (Å²) in [5.41, 5.74) is 2.27. The van der Waals surface area contributed by atoms with Crippen LogP contribution in [0.25, 0.3) is 0 Å². The highest BCUT2D eigenvalue weighted by Crippen LogP contribution is 2.27. The number of carbonyl (C=O) groups excluding carboxylic acids is 1. The van der Waals surface area contributed by atoms with E-state index < -0.39 is 15.9 Å². The van der Waals surface area contributed by atoms with E-state index in [0.29, 0.717) is 16.6 Å². The van der Waals surface area contributed by atoms with Crippen LogP contribution in [0.1, 0.15) is 30.5 Å². The lowest BCUT2D eigenvalue weighted by Crippen LogP contribution is -2.42. The first kappa shape index (κ1) is 24.8. The van der Waals surface area contributed by atoms with Crippen molar-refractivity contribution >= 4 is 37.5 Å². The molecule has 0 fully saturated rings. The van der Waals surface area contributed by atoms with Gasteiger partial charge >= 0.3 is 0 Å². The molecule has 3 aromatic rings. The second kappa shape index (κ2) is 10.9. The van der Waals surface area contributed by atoms with Gasteiger partial charge in [-0.25, -0.2) is 8.42 Å². The van der Waals surface area contributed by atoms with Crippen molar-refractivity contribution in [3.8, 4) is 5.75 Å². The SMILES string of the molecule is CC[C@H](NC(=O)CN(c1cccc(Br)c1)S(=O)(=O)c1ccc(C)cc1)c1ccc(OC)cc1. The number of halogens is 1. The second-order valence-corrected chi connectivity index (χ2v) is 10.4. The normalized spacial score (nSPS) is 12.1. The van der Waals surface area contributed by atoms with Gasteiger partial charge in [0.25, 0.3) is 10.0 Å². The molecular weight excluding hydrogens is 504 g/mol. The molecule has 0 saturated carbocycles. The summed E-state index contributed by atoms with van der Waals surface area (Å²) in [6.07, 6.45) is 0.652. The largest absolute Gasteiger partial charge is 0.497 e. The molecule has 1 amide bonds. The summed E-state index contributed by atoms with van der Waals surface area (Å²) in [7, 11) is -2.37. The molecule has 8 heteroatoms. The van der Waals surface area contributed by atoms with Gasteiger partial charge in [-0.05, 0) is 61.4 Å². The van der Waals surface area contributed by atoms with Crippen LogP contribution in [0.5, 0.6) is 5.75 Å². The highest BCUT2D eigenvalue weighted by Gasteiger charge is 2.28. The summed E-state index contributed by atoms with van der Waals surface area (Å²) in [5, 5.41) is 2.97. The number of benzene rings is 3. The summed E-state index contributed by atoms with van der Waals surface area (Å²) in [6, 6.07) is 20.7. The van der Waals surface area contributed by atoms with Gasteiger partial charge < -0.3 is 10.1 Å². The Bertz CT molecular complexity index is 1200. The molecule has 6 nitrogen and oxygen atoms in total. The van der Waals surface area contributed by atoms with Gasteiger partial charge in [0.15, 0.2) is 0 Å². The Balaban J connectivity index is 1.89. The smallest absolute Gasteiger partial charge is 0.264 e. The van der Waals surface area contributed by atoms with Gasteiger partial charge in [0, 0.05) is 4.47 Å². The average molecular weight is 531 g/mol. The first-order valence-corrected chi connectivity index (χ1v) is 12.8. The van der Waals surface area contributed by atoms with Crippen molar-refractivity contribution in [2.24, 2.45) is 0 Å². The number of sulfonamides is 1. The fraction of sp³-hybridized carbons (Fsp3) is 0.240. The summed E-state index contributed by atoms with van der Waals surface area (Å²) in [5.74, 6) is 0.332. The molecule has 174 valence electrons. The van der Waals surface area contributed by atoms with Crippen LogP contribution in [0, 0.1) is 6.92 Å². The molecule has 1 N–H and O–H groups in total. The van der Waals surface area contributed by atoms with Crippen molar-refractivity contribution < 1.29 is 17.9 Å². The van der Waals surface area contributed by atoms with Crippen LogP contribution in [0.2, 0.25) is 0 Å². The zero-order chi connectivity index (χ0) is 24.0. The molecule has 0 saturated heterocycles. The van der Waals surface area contributed by atoms with Crippen molar-refractivity contribution in [3.63, 3.8) is 0 Å². The minimum atomic E-state index is -3.96. The van der Waals surface area contributed by atoms with Crippen molar-refractivity contribution in [1.29, 1.82) is 0 Å². The van der Waals surface area contributed by atoms with Crippen LogP contribution >= 0.6 is 15.9 Å². The van der Waals surface area contributed by atoms with Crippen LogP contribution in [-0.2, 0) is 14.8 Å². The van der Waals surface area contributed by atoms with E-state index in [0.717, 1.165) is 21.2 Å². The standard InChI is InChI=1S/C25H27BrN2O4S/c1-4-24(19-10-12-22(32-3)13-11-19)27-25(29)17-28(21-7-5-6-20(26)16-21)33(30,31)23-14-8-18(2)9-15-23/h5-16,24H,4,17H2,1-3H3,(H,27,29)/t24-/m0/s1. The Hall–Kier alpha value is -2.84. The topological polar surface area (TPSA) is 75.7 Å². The number of nitrogens with one attached hydrogen (secondary N) is 1. The van der Waals surface area contributed by atoms with Crippen LogP contribution in [0.4, 0.5) is 5.69 Å². The van der Waals surface area contributed by atoms with Crippen molar-refractivity contribution in [1.82, 2.24) is 5.32 Å². The molecule has 0 radical (unpaired) electrons. The summed E-state index contributed by atoms with van der Waals surface area (Å²) in [4.78, 5) is 13.2. The molecule has 1 atom stereocenters. The van der Waals surface area contributed by atoms with Crippen molar-refractivity contribution in [2.75, 3.05) is 18.0 Å². The predicted octanol–water partition coefficient (Wildman–Crippen LogP) is 5.23. The number of amides is 1. The van der Waals surface area contributed by atoms with Gasteiger partial charge in [-0.15, -0.1) is 0 Å². The van der Waals surface area contributed by atoms with E-state index in [4.69, 9.17) is 4.74 Å². The van der Waals surface area contributed by atoms with Crippen molar-refractivity contribution in [3.05, 3.63) is 88.4 Å². The van der Waals surface area contributed by atoms with E-state index in [-0.39, 0.29) is 17.5 Å². The molecule has 0 bridgehead atoms. The predicted molar refractivity (Wildman–Crippen MR) is 134 cm³/mol. The molecule has 0 unspecified atom stereocenters. The van der Waals surface area contributed by atoms with Crippen LogP contribution in [-0.4, -0.2) is 28.0 Å². The molecule has 33 heavy (non-hydrogen) atoms. The van der Waals surface area contributed by atoms with Crippen LogP contribution in [0.3, 0.4) is 0 Å². The zero-order valence-electron chi connectivity index (χ0n) is 18.8. The fourth-order valence-electron chi connectivity index (χ4n) is 3.41. The van der Waals surface area contributed by atoms with Crippen molar-refractivity contribution in [2.45, 2.75) is 31.2 Å². The van der Waals surface area contributed by atoms with Gasteiger partial charge in [-0.3, -0.25) is 9.10 Å². The van der Waals surface area contributed by atoms with Gasteiger partial charge in [-0.2, -0.15) is 0 Å². The van der Waals surface area contributed by atoms with Gasteiger partial charge in [-0.1, -0.05) is 58.7 Å². The summed E-state index contributed by atoms with van der Waals surface area (Å²) in [6.45, 7) is 3.50. The number of nitrogens with zero attached hydrogens (tertiary/aromatic N) is 1. The summed E-state index contributed by atoms with van der Waals surface area (Å²) < 4.78 is 34.1. The molecule has 0 aliphatic heterocycles. The summed E-state index contributed by atoms with van der Waals surface area (Å²) >= 11 is 3.39. The fourth-order valence-corrected chi connectivity index (χ4v) is 5.21. The van der Waals surface area contributed by atoms with Gasteiger partial charge in [0.2, 0.25) is 5.91 Å². The third-order valence-corrected chi connectivity index (χ3v) is 7.54. The monoisotopic (exact) mass is 530 g/mol. The molecule has 0 aliphatic rings. The Morgan fingerprint density at radius 2 is 1.73 bits per heavy atom. The maximum atomic E-state index is 13.5. The number of carbonyl (C=O) groups is 1. The third kappa shape index (κ3) is 6.15. The molecular formula is C25H27BrN2O4S. The van der Waals surface area contributed by atoms with Crippen LogP contribution < -0.4 is 14.4 Å². The lowest BCUT2D eigenvalue weighted by molar-refractivity contribution is -0.120. The highest BCUT2D eigenvalue weighted by atomic mass is 79.9. The number of anilines is 1. The second-order valence-electron chi connectivity index (χ2n) is 7.61. The molecule has 0 aliphatic carbocycles. The van der Waals surface area contributed by atoms with E-state index in [1.807, 2.05) is 38.1 Å². The minimum absolute atomic E-state index is 0.128. The molecule has 3 rings (SSSR count). The number of hydrogen-bond donors (Lipinski definition) is 1. The van der Waals surface area contributed by atoms with E-state index in [1.165, 1.54) is 0 Å². The number of rotatable bonds is 9. The van der Waals surface area contributed by atoms with Gasteiger partial charge in [0.1, 0.15) is 12.3 Å². The first-order chi connectivity index (χ1) is 15.7. The maximum absolute atomic E-state index is 13.5. The Labute approximate surface area is 203 Å². The molecule has 3 aromatic carbocycles. The highest BCUT2D eigenvalue weighted by molar-refractivity contribution is 9.10.